The van der Waals surface area contributed by atoms with Crippen molar-refractivity contribution in [3.63, 3.8) is 0 Å². The number of carbonyl (C=O) groups is 1. The molecule has 0 aromatic rings. The van der Waals surface area contributed by atoms with Crippen LogP contribution in [0.25, 0.3) is 0 Å². The zero-order chi connectivity index (χ0) is 14.9. The maximum absolute atomic E-state index is 10.5. The van der Waals surface area contributed by atoms with Gasteiger partial charge in [0.05, 0.1) is 0 Å². The van der Waals surface area contributed by atoms with E-state index in [-0.39, 0.29) is 0 Å². The number of hydrogen-bond donors (Lipinski definition) is 1. The molecule has 0 aromatic heterocycles. The van der Waals surface area contributed by atoms with E-state index < -0.39 is 5.97 Å². The molecule has 2 fully saturated rings. The third-order valence-corrected chi connectivity index (χ3v) is 4.93. The number of likely N-dealkylation sites (tertiary alicyclic amines) is 2. The number of hydrogen-bond acceptors (Lipinski definition) is 3. The normalized spacial score (nSPS) is 25.6. The van der Waals surface area contributed by atoms with Crippen molar-refractivity contribution in [1.82, 2.24) is 9.80 Å². The highest BCUT2D eigenvalue weighted by Gasteiger charge is 2.22. The smallest absolute Gasteiger partial charge is 0.303 e. The van der Waals surface area contributed by atoms with E-state index in [1.807, 2.05) is 0 Å². The first-order valence-electron chi connectivity index (χ1n) is 8.90. The molecule has 0 bridgehead atoms. The fourth-order valence-electron chi connectivity index (χ4n) is 3.80. The van der Waals surface area contributed by atoms with Crippen LogP contribution in [0.15, 0.2) is 0 Å². The van der Waals surface area contributed by atoms with Crippen LogP contribution in [0.5, 0.6) is 0 Å². The minimum atomic E-state index is -0.660. The molecule has 2 rings (SSSR count). The Morgan fingerprint density at radius 1 is 0.952 bits per heavy atom. The average Bonchev–Trinajstić information content (AvgIpc) is 2.73. The van der Waals surface area contributed by atoms with Gasteiger partial charge in [0.2, 0.25) is 0 Å². The second kappa shape index (κ2) is 9.42. The summed E-state index contributed by atoms with van der Waals surface area (Å²) >= 11 is 0. The van der Waals surface area contributed by atoms with Gasteiger partial charge >= 0.3 is 5.97 Å². The molecule has 122 valence electrons. The summed E-state index contributed by atoms with van der Waals surface area (Å²) < 4.78 is 0. The Kier molecular flexibility index (Phi) is 7.51. The SMILES string of the molecule is O=C(O)CCCCN1CCCC(CN2CCCCCC2)C1. The summed E-state index contributed by atoms with van der Waals surface area (Å²) in [6, 6.07) is 0. The molecule has 0 aromatic carbocycles. The predicted octanol–water partition coefficient (Wildman–Crippen LogP) is 2.83. The van der Waals surface area contributed by atoms with Gasteiger partial charge in [-0.3, -0.25) is 4.79 Å². The summed E-state index contributed by atoms with van der Waals surface area (Å²) in [5.74, 6) is 0.170. The zero-order valence-corrected chi connectivity index (χ0v) is 13.4. The van der Waals surface area contributed by atoms with Crippen LogP contribution in [0.4, 0.5) is 0 Å². The lowest BCUT2D eigenvalue weighted by Crippen LogP contribution is -2.41. The molecule has 0 saturated carbocycles. The van der Waals surface area contributed by atoms with Crippen molar-refractivity contribution in [2.45, 2.75) is 57.8 Å². The molecular weight excluding hydrogens is 264 g/mol. The molecule has 0 aliphatic carbocycles. The predicted molar refractivity (Wildman–Crippen MR) is 85.6 cm³/mol. The minimum Gasteiger partial charge on any atom is -0.481 e. The highest BCUT2D eigenvalue weighted by molar-refractivity contribution is 5.66. The largest absolute Gasteiger partial charge is 0.481 e. The third kappa shape index (κ3) is 6.79. The quantitative estimate of drug-likeness (QED) is 0.734. The standard InChI is InChI=1S/C17H32N2O2/c20-17(21)9-3-6-12-19-13-7-8-16(15-19)14-18-10-4-1-2-5-11-18/h16H,1-15H2,(H,20,21). The molecule has 0 radical (unpaired) electrons. The first kappa shape index (κ1) is 16.8. The van der Waals surface area contributed by atoms with Gasteiger partial charge in [0.1, 0.15) is 0 Å². The van der Waals surface area contributed by atoms with Crippen molar-refractivity contribution in [3.05, 3.63) is 0 Å². The summed E-state index contributed by atoms with van der Waals surface area (Å²) in [5.41, 5.74) is 0. The summed E-state index contributed by atoms with van der Waals surface area (Å²) in [4.78, 5) is 15.8. The molecule has 4 heteroatoms. The molecule has 2 heterocycles. The Hall–Kier alpha value is -0.610. The van der Waals surface area contributed by atoms with Gasteiger partial charge in [-0.05, 0) is 70.6 Å². The van der Waals surface area contributed by atoms with Crippen molar-refractivity contribution >= 4 is 5.97 Å². The van der Waals surface area contributed by atoms with E-state index in [9.17, 15) is 4.79 Å². The van der Waals surface area contributed by atoms with E-state index in [4.69, 9.17) is 5.11 Å². The van der Waals surface area contributed by atoms with Crippen molar-refractivity contribution in [2.75, 3.05) is 39.3 Å². The summed E-state index contributed by atoms with van der Waals surface area (Å²) in [6.07, 6.45) is 10.5. The molecule has 4 nitrogen and oxygen atoms in total. The highest BCUT2D eigenvalue weighted by atomic mass is 16.4. The topological polar surface area (TPSA) is 43.8 Å². The van der Waals surface area contributed by atoms with Gasteiger partial charge in [0.15, 0.2) is 0 Å². The van der Waals surface area contributed by atoms with Gasteiger partial charge in [0, 0.05) is 19.5 Å². The van der Waals surface area contributed by atoms with E-state index in [2.05, 4.69) is 9.80 Å². The first-order valence-corrected chi connectivity index (χ1v) is 8.90. The Labute approximate surface area is 129 Å². The van der Waals surface area contributed by atoms with E-state index in [0.29, 0.717) is 6.42 Å². The maximum atomic E-state index is 10.5. The molecule has 2 saturated heterocycles. The van der Waals surface area contributed by atoms with Crippen molar-refractivity contribution < 1.29 is 9.90 Å². The van der Waals surface area contributed by atoms with E-state index in [1.54, 1.807) is 0 Å². The van der Waals surface area contributed by atoms with Gasteiger partial charge in [-0.2, -0.15) is 0 Å². The van der Waals surface area contributed by atoms with Crippen LogP contribution in [0, 0.1) is 5.92 Å². The molecule has 1 N–H and O–H groups in total. The van der Waals surface area contributed by atoms with Crippen LogP contribution >= 0.6 is 0 Å². The minimum absolute atomic E-state index is 0.324. The van der Waals surface area contributed by atoms with Gasteiger partial charge in [-0.25, -0.2) is 0 Å². The first-order chi connectivity index (χ1) is 10.2. The highest BCUT2D eigenvalue weighted by Crippen LogP contribution is 2.20. The number of carboxylic acids is 1. The lowest BCUT2D eigenvalue weighted by atomic mass is 9.97. The third-order valence-electron chi connectivity index (χ3n) is 4.93. The van der Waals surface area contributed by atoms with Crippen LogP contribution in [-0.4, -0.2) is 60.1 Å². The summed E-state index contributed by atoms with van der Waals surface area (Å²) in [7, 11) is 0. The van der Waals surface area contributed by atoms with Crippen LogP contribution in [0.2, 0.25) is 0 Å². The number of unbranched alkanes of at least 4 members (excludes halogenated alkanes) is 1. The Morgan fingerprint density at radius 3 is 2.38 bits per heavy atom. The van der Waals surface area contributed by atoms with Crippen molar-refractivity contribution in [3.8, 4) is 0 Å². The molecule has 0 spiro atoms. The van der Waals surface area contributed by atoms with E-state index in [0.717, 1.165) is 25.3 Å². The molecular formula is C17H32N2O2. The Bertz CT molecular complexity index is 301. The van der Waals surface area contributed by atoms with Crippen LogP contribution in [-0.2, 0) is 4.79 Å². The molecule has 2 aliphatic rings. The number of aliphatic carboxylic acids is 1. The van der Waals surface area contributed by atoms with Crippen LogP contribution < -0.4 is 0 Å². The second-order valence-corrected chi connectivity index (χ2v) is 6.87. The van der Waals surface area contributed by atoms with Gasteiger partial charge in [-0.1, -0.05) is 12.8 Å². The fraction of sp³-hybridized carbons (Fsp3) is 0.941. The molecule has 2 aliphatic heterocycles. The monoisotopic (exact) mass is 296 g/mol. The second-order valence-electron chi connectivity index (χ2n) is 6.87. The Morgan fingerprint density at radius 2 is 1.67 bits per heavy atom. The van der Waals surface area contributed by atoms with E-state index >= 15 is 0 Å². The lowest BCUT2D eigenvalue weighted by molar-refractivity contribution is -0.137. The van der Waals surface area contributed by atoms with Gasteiger partial charge < -0.3 is 14.9 Å². The lowest BCUT2D eigenvalue weighted by Gasteiger charge is -2.35. The van der Waals surface area contributed by atoms with Crippen molar-refractivity contribution in [1.29, 1.82) is 0 Å². The molecule has 21 heavy (non-hydrogen) atoms. The maximum Gasteiger partial charge on any atom is 0.303 e. The zero-order valence-electron chi connectivity index (χ0n) is 13.4. The van der Waals surface area contributed by atoms with Crippen LogP contribution in [0.3, 0.4) is 0 Å². The van der Waals surface area contributed by atoms with Crippen LogP contribution in [0.1, 0.15) is 57.8 Å². The number of rotatable bonds is 7. The molecule has 1 atom stereocenters. The number of nitrogens with zero attached hydrogens (tertiary/aromatic N) is 2. The number of piperidine rings is 1. The van der Waals surface area contributed by atoms with Gasteiger partial charge in [-0.15, -0.1) is 0 Å². The fourth-order valence-corrected chi connectivity index (χ4v) is 3.80. The molecule has 1 unspecified atom stereocenters. The van der Waals surface area contributed by atoms with E-state index in [1.165, 1.54) is 71.2 Å². The summed E-state index contributed by atoms with van der Waals surface area (Å²) in [6.45, 7) is 7.41. The van der Waals surface area contributed by atoms with Crippen molar-refractivity contribution in [2.24, 2.45) is 5.92 Å². The van der Waals surface area contributed by atoms with Gasteiger partial charge in [0.25, 0.3) is 0 Å². The Balaban J connectivity index is 1.64. The number of carboxylic acid groups (broad SMARTS) is 1. The molecule has 0 amide bonds. The summed E-state index contributed by atoms with van der Waals surface area (Å²) in [5, 5.41) is 8.68. The average molecular weight is 296 g/mol.